The molecule has 0 fully saturated rings. The van der Waals surface area contributed by atoms with Crippen LogP contribution in [-0.2, 0) is 0 Å². The van der Waals surface area contributed by atoms with E-state index in [1.54, 1.807) is 48.5 Å². The van der Waals surface area contributed by atoms with Gasteiger partial charge in [-0.25, -0.2) is 8.78 Å². The largest absolute Gasteiger partial charge is 0.456 e. The van der Waals surface area contributed by atoms with Crippen molar-refractivity contribution in [1.82, 2.24) is 0 Å². The minimum atomic E-state index is -0.851. The van der Waals surface area contributed by atoms with Gasteiger partial charge in [-0.05, 0) is 70.8 Å². The summed E-state index contributed by atoms with van der Waals surface area (Å²) in [6.07, 6.45) is 0. The molecule has 0 unspecified atom stereocenters. The number of hydrogen-bond donors (Lipinski definition) is 0. The lowest BCUT2D eigenvalue weighted by Crippen LogP contribution is -1.92. The molecule has 0 aliphatic heterocycles. The molecular formula is C28H10F2N4O. The van der Waals surface area contributed by atoms with Crippen LogP contribution in [0.25, 0.3) is 44.2 Å². The Balaban J connectivity index is 1.65. The Bertz CT molecular complexity index is 1670. The monoisotopic (exact) mass is 456 g/mol. The Labute approximate surface area is 197 Å². The van der Waals surface area contributed by atoms with E-state index in [4.69, 9.17) is 4.42 Å². The van der Waals surface area contributed by atoms with Gasteiger partial charge in [-0.2, -0.15) is 21.0 Å². The molecule has 0 saturated heterocycles. The second-order valence-electron chi connectivity index (χ2n) is 7.74. The molecule has 0 spiro atoms. The van der Waals surface area contributed by atoms with E-state index in [1.165, 1.54) is 24.3 Å². The molecule has 0 aliphatic rings. The van der Waals surface area contributed by atoms with Gasteiger partial charge in [0, 0.05) is 10.8 Å². The van der Waals surface area contributed by atoms with Crippen LogP contribution in [0.5, 0.6) is 0 Å². The maximum absolute atomic E-state index is 14.1. The van der Waals surface area contributed by atoms with E-state index in [-0.39, 0.29) is 22.3 Å². The highest BCUT2D eigenvalue weighted by Crippen LogP contribution is 2.36. The fraction of sp³-hybridized carbons (Fsp3) is 0. The SMILES string of the molecule is N#Cc1cc(-c2ccc3c(c2)oc2cc(-c4cc(C#N)c(F)c(C#N)c4)ccc23)cc(C#N)c1F. The van der Waals surface area contributed by atoms with Gasteiger partial charge in [0.25, 0.3) is 0 Å². The minimum Gasteiger partial charge on any atom is -0.456 e. The summed E-state index contributed by atoms with van der Waals surface area (Å²) in [4.78, 5) is 0. The zero-order chi connectivity index (χ0) is 24.7. The second kappa shape index (κ2) is 8.13. The van der Waals surface area contributed by atoms with Crippen LogP contribution < -0.4 is 0 Å². The van der Waals surface area contributed by atoms with Crippen molar-refractivity contribution in [3.8, 4) is 46.5 Å². The van der Waals surface area contributed by atoms with E-state index in [0.717, 1.165) is 10.8 Å². The molecule has 5 nitrogen and oxygen atoms in total. The van der Waals surface area contributed by atoms with Gasteiger partial charge in [0.15, 0.2) is 11.6 Å². The summed E-state index contributed by atoms with van der Waals surface area (Å²) in [5.41, 5.74) is 2.46. The maximum Gasteiger partial charge on any atom is 0.158 e. The highest BCUT2D eigenvalue weighted by atomic mass is 19.1. The van der Waals surface area contributed by atoms with Gasteiger partial charge in [0.2, 0.25) is 0 Å². The first-order chi connectivity index (χ1) is 17.0. The number of nitriles is 4. The number of benzene rings is 4. The summed E-state index contributed by atoms with van der Waals surface area (Å²) in [7, 11) is 0. The van der Waals surface area contributed by atoms with Crippen LogP contribution in [0, 0.1) is 57.0 Å². The molecule has 0 saturated carbocycles. The molecule has 4 aromatic carbocycles. The van der Waals surface area contributed by atoms with Crippen molar-refractivity contribution in [2.24, 2.45) is 0 Å². The average molecular weight is 456 g/mol. The number of rotatable bonds is 2. The highest BCUT2D eigenvalue weighted by molar-refractivity contribution is 6.07. The van der Waals surface area contributed by atoms with Gasteiger partial charge in [0.1, 0.15) is 35.4 Å². The van der Waals surface area contributed by atoms with Gasteiger partial charge in [0.05, 0.1) is 22.3 Å². The summed E-state index contributed by atoms with van der Waals surface area (Å²) in [6.45, 7) is 0. The van der Waals surface area contributed by atoms with Crippen molar-refractivity contribution >= 4 is 21.9 Å². The second-order valence-corrected chi connectivity index (χ2v) is 7.74. The molecule has 162 valence electrons. The first-order valence-corrected chi connectivity index (χ1v) is 10.2. The predicted molar refractivity (Wildman–Crippen MR) is 123 cm³/mol. The van der Waals surface area contributed by atoms with Crippen LogP contribution in [0.4, 0.5) is 8.78 Å². The van der Waals surface area contributed by atoms with Crippen LogP contribution in [0.1, 0.15) is 22.3 Å². The number of hydrogen-bond acceptors (Lipinski definition) is 5. The molecule has 0 atom stereocenters. The summed E-state index contributed by atoms with van der Waals surface area (Å²) >= 11 is 0. The maximum atomic E-state index is 14.1. The van der Waals surface area contributed by atoms with Gasteiger partial charge in [-0.3, -0.25) is 0 Å². The van der Waals surface area contributed by atoms with E-state index in [0.29, 0.717) is 33.4 Å². The normalized spacial score (nSPS) is 10.5. The van der Waals surface area contributed by atoms with Gasteiger partial charge < -0.3 is 4.42 Å². The third-order valence-corrected chi connectivity index (χ3v) is 5.77. The predicted octanol–water partition coefficient (Wildman–Crippen LogP) is 6.68. The van der Waals surface area contributed by atoms with E-state index >= 15 is 0 Å². The molecule has 1 heterocycles. The standard InChI is InChI=1S/C28H10F2N4O/c29-27-19(11-31)5-17(6-20(27)12-32)15-1-3-23-24-4-2-16(10-26(24)35-25(23)9-15)18-7-21(13-33)28(30)22(8-18)14-34/h1-10H. The van der Waals surface area contributed by atoms with Crippen LogP contribution in [0.15, 0.2) is 65.1 Å². The third kappa shape index (κ3) is 3.42. The summed E-state index contributed by atoms with van der Waals surface area (Å²) in [5, 5.41) is 38.4. The number of fused-ring (bicyclic) bond motifs is 3. The molecule has 35 heavy (non-hydrogen) atoms. The molecule has 0 bridgehead atoms. The molecule has 0 radical (unpaired) electrons. The summed E-state index contributed by atoms with van der Waals surface area (Å²) < 4.78 is 34.3. The van der Waals surface area contributed by atoms with E-state index in [2.05, 4.69) is 0 Å². The molecule has 5 rings (SSSR count). The Morgan fingerprint density at radius 1 is 0.486 bits per heavy atom. The number of furan rings is 1. The third-order valence-electron chi connectivity index (χ3n) is 5.77. The van der Waals surface area contributed by atoms with Crippen LogP contribution >= 0.6 is 0 Å². The average Bonchev–Trinajstić information content (AvgIpc) is 3.26. The Kier molecular flexibility index (Phi) is 4.96. The molecule has 0 amide bonds. The first kappa shape index (κ1) is 21.4. The lowest BCUT2D eigenvalue weighted by atomic mass is 9.97. The smallest absolute Gasteiger partial charge is 0.158 e. The molecule has 5 aromatic rings. The van der Waals surface area contributed by atoms with Crippen LogP contribution in [0.3, 0.4) is 0 Å². The van der Waals surface area contributed by atoms with E-state index in [9.17, 15) is 29.8 Å². The van der Waals surface area contributed by atoms with Gasteiger partial charge in [-0.1, -0.05) is 12.1 Å². The molecule has 0 N–H and O–H groups in total. The fourth-order valence-electron chi connectivity index (χ4n) is 4.04. The van der Waals surface area contributed by atoms with Gasteiger partial charge >= 0.3 is 0 Å². The first-order valence-electron chi connectivity index (χ1n) is 10.2. The molecule has 1 aromatic heterocycles. The Morgan fingerprint density at radius 2 is 0.829 bits per heavy atom. The minimum absolute atomic E-state index is 0.221. The lowest BCUT2D eigenvalue weighted by molar-refractivity contribution is 0.620. The summed E-state index contributed by atoms with van der Waals surface area (Å²) in [5.74, 6) is -1.70. The van der Waals surface area contributed by atoms with Crippen molar-refractivity contribution in [3.05, 3.63) is 94.6 Å². The summed E-state index contributed by atoms with van der Waals surface area (Å²) in [6, 6.07) is 23.3. The van der Waals surface area contributed by atoms with Crippen molar-refractivity contribution < 1.29 is 13.2 Å². The topological polar surface area (TPSA) is 108 Å². The molecule has 7 heteroatoms. The van der Waals surface area contributed by atoms with Crippen molar-refractivity contribution in [2.45, 2.75) is 0 Å². The molecular weight excluding hydrogens is 446 g/mol. The fourth-order valence-corrected chi connectivity index (χ4v) is 4.04. The number of nitrogens with zero attached hydrogens (tertiary/aromatic N) is 4. The quantitative estimate of drug-likeness (QED) is 0.294. The molecule has 0 aliphatic carbocycles. The highest BCUT2D eigenvalue weighted by Gasteiger charge is 2.16. The van der Waals surface area contributed by atoms with Gasteiger partial charge in [-0.15, -0.1) is 0 Å². The van der Waals surface area contributed by atoms with Crippen molar-refractivity contribution in [3.63, 3.8) is 0 Å². The van der Waals surface area contributed by atoms with Crippen molar-refractivity contribution in [2.75, 3.05) is 0 Å². The van der Waals surface area contributed by atoms with E-state index < -0.39 is 11.6 Å². The lowest BCUT2D eigenvalue weighted by Gasteiger charge is -2.05. The zero-order valence-corrected chi connectivity index (χ0v) is 17.7. The number of halogens is 2. The van der Waals surface area contributed by atoms with E-state index in [1.807, 2.05) is 12.1 Å². The Hall–Kier alpha value is -5.50. The Morgan fingerprint density at radius 3 is 1.14 bits per heavy atom. The van der Waals surface area contributed by atoms with Crippen LogP contribution in [0.2, 0.25) is 0 Å². The zero-order valence-electron chi connectivity index (χ0n) is 17.7. The van der Waals surface area contributed by atoms with Crippen LogP contribution in [-0.4, -0.2) is 0 Å². The van der Waals surface area contributed by atoms with Crippen molar-refractivity contribution in [1.29, 1.82) is 21.0 Å².